The molecule has 0 unspecified atom stereocenters. The molecule has 4 aromatic rings. The number of carbonyl (C=O) groups excluding carboxylic acids is 1. The molecule has 2 aromatic heterocycles. The lowest BCUT2D eigenvalue weighted by molar-refractivity contribution is 0.0715. The van der Waals surface area contributed by atoms with E-state index in [1.807, 2.05) is 60.7 Å². The number of nitrogens with one attached hydrogen (secondary N) is 1. The van der Waals surface area contributed by atoms with Crippen molar-refractivity contribution >= 4 is 5.91 Å². The third-order valence-electron chi connectivity index (χ3n) is 5.55. The predicted molar refractivity (Wildman–Crippen MR) is 114 cm³/mol. The van der Waals surface area contributed by atoms with Crippen LogP contribution in [0.15, 0.2) is 71.3 Å². The van der Waals surface area contributed by atoms with Gasteiger partial charge in [0.15, 0.2) is 0 Å². The number of hydrogen-bond acceptors (Lipinski definition) is 5. The van der Waals surface area contributed by atoms with Gasteiger partial charge in [0, 0.05) is 22.8 Å². The van der Waals surface area contributed by atoms with Gasteiger partial charge in [-0.05, 0) is 24.3 Å². The molecular formula is C24H21N3O4. The molecule has 156 valence electrons. The van der Waals surface area contributed by atoms with Gasteiger partial charge in [0.25, 0.3) is 5.91 Å². The molecular weight excluding hydrogens is 394 g/mol. The summed E-state index contributed by atoms with van der Waals surface area (Å²) in [6.07, 6.45) is 1.61. The van der Waals surface area contributed by atoms with Gasteiger partial charge in [-0.25, -0.2) is 0 Å². The van der Waals surface area contributed by atoms with Gasteiger partial charge in [0.1, 0.15) is 23.0 Å². The Kier molecular flexibility index (Phi) is 4.71. The van der Waals surface area contributed by atoms with E-state index in [1.165, 1.54) is 0 Å². The number of benzene rings is 2. The second-order valence-electron chi connectivity index (χ2n) is 7.25. The SMILES string of the molecule is COc1ccc([C@@H]2c3c(-c4ccccc4)n[nH]c3C(=O)N2Cc2ccco2)c(OC)c1. The Morgan fingerprint density at radius 2 is 1.90 bits per heavy atom. The number of carbonyl (C=O) groups is 1. The number of hydrogen-bond donors (Lipinski definition) is 1. The summed E-state index contributed by atoms with van der Waals surface area (Å²) in [5.74, 6) is 1.88. The minimum atomic E-state index is -0.401. The number of fused-ring (bicyclic) bond motifs is 1. The van der Waals surface area contributed by atoms with Gasteiger partial charge in [0.2, 0.25) is 0 Å². The van der Waals surface area contributed by atoms with E-state index in [4.69, 9.17) is 13.9 Å². The highest BCUT2D eigenvalue weighted by Crippen LogP contribution is 2.46. The summed E-state index contributed by atoms with van der Waals surface area (Å²) in [5.41, 5.74) is 3.83. The van der Waals surface area contributed by atoms with Crippen LogP contribution in [0.3, 0.4) is 0 Å². The summed E-state index contributed by atoms with van der Waals surface area (Å²) in [7, 11) is 3.22. The van der Waals surface area contributed by atoms with Crippen LogP contribution in [-0.4, -0.2) is 35.2 Å². The first-order chi connectivity index (χ1) is 15.2. The highest BCUT2D eigenvalue weighted by molar-refractivity contribution is 6.00. The second-order valence-corrected chi connectivity index (χ2v) is 7.25. The maximum Gasteiger partial charge on any atom is 0.273 e. The number of furan rings is 1. The predicted octanol–water partition coefficient (Wildman–Crippen LogP) is 4.43. The maximum atomic E-state index is 13.4. The number of aromatic nitrogens is 2. The highest BCUT2D eigenvalue weighted by atomic mass is 16.5. The van der Waals surface area contributed by atoms with Gasteiger partial charge < -0.3 is 18.8 Å². The smallest absolute Gasteiger partial charge is 0.273 e. The summed E-state index contributed by atoms with van der Waals surface area (Å²) in [6, 6.07) is 18.7. The van der Waals surface area contributed by atoms with Crippen LogP contribution in [0.5, 0.6) is 11.5 Å². The molecule has 0 radical (unpaired) electrons. The van der Waals surface area contributed by atoms with E-state index in [1.54, 1.807) is 25.4 Å². The Morgan fingerprint density at radius 3 is 2.61 bits per heavy atom. The average molecular weight is 415 g/mol. The van der Waals surface area contributed by atoms with E-state index >= 15 is 0 Å². The Bertz CT molecular complexity index is 1220. The molecule has 0 bridgehead atoms. The molecule has 31 heavy (non-hydrogen) atoms. The molecule has 7 nitrogen and oxygen atoms in total. The van der Waals surface area contributed by atoms with Crippen molar-refractivity contribution in [3.8, 4) is 22.8 Å². The van der Waals surface area contributed by atoms with E-state index in [9.17, 15) is 4.79 Å². The zero-order valence-corrected chi connectivity index (χ0v) is 17.2. The minimum Gasteiger partial charge on any atom is -0.497 e. The largest absolute Gasteiger partial charge is 0.497 e. The first-order valence-electron chi connectivity index (χ1n) is 9.90. The van der Waals surface area contributed by atoms with E-state index in [0.29, 0.717) is 29.5 Å². The summed E-state index contributed by atoms with van der Waals surface area (Å²) in [4.78, 5) is 15.2. The van der Waals surface area contributed by atoms with Crippen LogP contribution in [0.25, 0.3) is 11.3 Å². The quantitative estimate of drug-likeness (QED) is 0.504. The number of H-pyrrole nitrogens is 1. The monoisotopic (exact) mass is 415 g/mol. The molecule has 7 heteroatoms. The van der Waals surface area contributed by atoms with Crippen molar-refractivity contribution < 1.29 is 18.7 Å². The van der Waals surface area contributed by atoms with E-state index in [-0.39, 0.29) is 5.91 Å². The molecule has 0 aliphatic carbocycles. The van der Waals surface area contributed by atoms with Gasteiger partial charge in [-0.15, -0.1) is 0 Å². The maximum absolute atomic E-state index is 13.4. The van der Waals surface area contributed by atoms with Crippen LogP contribution < -0.4 is 9.47 Å². The molecule has 1 atom stereocenters. The molecule has 5 rings (SSSR count). The van der Waals surface area contributed by atoms with Gasteiger partial charge in [-0.1, -0.05) is 30.3 Å². The molecule has 0 saturated carbocycles. The average Bonchev–Trinajstić information content (AvgIpc) is 3.54. The molecule has 0 fully saturated rings. The Hall–Kier alpha value is -4.00. The van der Waals surface area contributed by atoms with Crippen LogP contribution in [0.2, 0.25) is 0 Å². The van der Waals surface area contributed by atoms with E-state index < -0.39 is 6.04 Å². The zero-order valence-electron chi connectivity index (χ0n) is 17.2. The fourth-order valence-corrected chi connectivity index (χ4v) is 4.11. The summed E-state index contributed by atoms with van der Waals surface area (Å²) in [5, 5.41) is 7.46. The first-order valence-corrected chi connectivity index (χ1v) is 9.90. The summed E-state index contributed by atoms with van der Waals surface area (Å²) in [6.45, 7) is 0.322. The number of nitrogens with zero attached hydrogens (tertiary/aromatic N) is 2. The van der Waals surface area contributed by atoms with Crippen molar-refractivity contribution in [1.29, 1.82) is 0 Å². The number of methoxy groups -OCH3 is 2. The van der Waals surface area contributed by atoms with Crippen LogP contribution in [0, 0.1) is 0 Å². The van der Waals surface area contributed by atoms with Gasteiger partial charge in [-0.2, -0.15) is 5.10 Å². The molecule has 1 N–H and O–H groups in total. The second kappa shape index (κ2) is 7.68. The number of ether oxygens (including phenoxy) is 2. The molecule has 1 aliphatic heterocycles. The fourth-order valence-electron chi connectivity index (χ4n) is 4.11. The molecule has 2 aromatic carbocycles. The lowest BCUT2D eigenvalue weighted by Gasteiger charge is -2.27. The van der Waals surface area contributed by atoms with Crippen molar-refractivity contribution in [3.05, 3.63) is 89.5 Å². The molecule has 1 amide bonds. The number of rotatable bonds is 6. The standard InChI is InChI=1S/C24H21N3O4/c1-29-16-10-11-18(19(13-16)30-2)23-20-21(15-7-4-3-5-8-15)25-26-22(20)24(28)27(23)14-17-9-6-12-31-17/h3-13,23H,14H2,1-2H3,(H,25,26)/t23-/m1/s1. The van der Waals surface area contributed by atoms with E-state index in [2.05, 4.69) is 10.2 Å². The summed E-state index contributed by atoms with van der Waals surface area (Å²) >= 11 is 0. The zero-order chi connectivity index (χ0) is 21.4. The molecule has 3 heterocycles. The van der Waals surface area contributed by atoms with E-state index in [0.717, 1.165) is 22.4 Å². The van der Waals surface area contributed by atoms with Crippen molar-refractivity contribution in [2.45, 2.75) is 12.6 Å². The van der Waals surface area contributed by atoms with Crippen LogP contribution in [-0.2, 0) is 6.54 Å². The lowest BCUT2D eigenvalue weighted by atomic mass is 9.95. The van der Waals surface area contributed by atoms with Crippen LogP contribution >= 0.6 is 0 Å². The third-order valence-corrected chi connectivity index (χ3v) is 5.55. The lowest BCUT2D eigenvalue weighted by Crippen LogP contribution is -2.29. The minimum absolute atomic E-state index is 0.135. The normalized spacial score (nSPS) is 15.2. The Balaban J connectivity index is 1.69. The van der Waals surface area contributed by atoms with Gasteiger partial charge in [0.05, 0.1) is 38.8 Å². The van der Waals surface area contributed by atoms with Gasteiger partial charge in [-0.3, -0.25) is 9.89 Å². The fraction of sp³-hybridized carbons (Fsp3) is 0.167. The van der Waals surface area contributed by atoms with Crippen LogP contribution in [0.1, 0.15) is 33.4 Å². The van der Waals surface area contributed by atoms with Crippen molar-refractivity contribution in [2.75, 3.05) is 14.2 Å². The van der Waals surface area contributed by atoms with Gasteiger partial charge >= 0.3 is 0 Å². The number of amides is 1. The van der Waals surface area contributed by atoms with Crippen molar-refractivity contribution in [2.24, 2.45) is 0 Å². The first kappa shape index (κ1) is 19.0. The highest BCUT2D eigenvalue weighted by Gasteiger charge is 2.43. The molecule has 0 saturated heterocycles. The van der Waals surface area contributed by atoms with Crippen molar-refractivity contribution in [1.82, 2.24) is 15.1 Å². The van der Waals surface area contributed by atoms with Crippen LogP contribution in [0.4, 0.5) is 0 Å². The Labute approximate surface area is 179 Å². The van der Waals surface area contributed by atoms with Crippen molar-refractivity contribution in [3.63, 3.8) is 0 Å². The Morgan fingerprint density at radius 1 is 1.06 bits per heavy atom. The number of aromatic amines is 1. The topological polar surface area (TPSA) is 80.6 Å². The summed E-state index contributed by atoms with van der Waals surface area (Å²) < 4.78 is 16.6. The molecule has 1 aliphatic rings. The molecule has 0 spiro atoms. The third kappa shape index (κ3) is 3.15.